The van der Waals surface area contributed by atoms with E-state index in [1.807, 2.05) is 11.4 Å². The van der Waals surface area contributed by atoms with Gasteiger partial charge in [0.15, 0.2) is 5.13 Å². The van der Waals surface area contributed by atoms with Gasteiger partial charge in [-0.3, -0.25) is 15.7 Å². The van der Waals surface area contributed by atoms with Crippen LogP contribution in [0.1, 0.15) is 4.88 Å². The summed E-state index contributed by atoms with van der Waals surface area (Å²) >= 11 is 3.05. The van der Waals surface area contributed by atoms with Crippen molar-refractivity contribution in [1.82, 2.24) is 25.1 Å². The SMILES string of the molecule is O=C(Nc1ccn[nH]1)Nc1ncc(CCNc2ncnc3ccsc23)s1. The number of urea groups is 1. The number of rotatable bonds is 6. The first-order chi connectivity index (χ1) is 12.8. The fourth-order valence-electron chi connectivity index (χ4n) is 2.28. The van der Waals surface area contributed by atoms with E-state index in [2.05, 4.69) is 41.1 Å². The Bertz CT molecular complexity index is 1010. The van der Waals surface area contributed by atoms with Gasteiger partial charge in [0, 0.05) is 30.1 Å². The molecule has 0 saturated heterocycles. The summed E-state index contributed by atoms with van der Waals surface area (Å²) in [7, 11) is 0. The molecule has 9 nitrogen and oxygen atoms in total. The summed E-state index contributed by atoms with van der Waals surface area (Å²) in [6, 6.07) is 3.27. The normalized spacial score (nSPS) is 10.8. The fraction of sp³-hybridized carbons (Fsp3) is 0.133. The molecule has 4 aromatic rings. The van der Waals surface area contributed by atoms with Crippen LogP contribution < -0.4 is 16.0 Å². The maximum atomic E-state index is 11.9. The lowest BCUT2D eigenvalue weighted by molar-refractivity contribution is 0.262. The third kappa shape index (κ3) is 3.78. The number of anilines is 3. The Labute approximate surface area is 155 Å². The van der Waals surface area contributed by atoms with Crippen molar-refractivity contribution >= 4 is 55.7 Å². The zero-order valence-electron chi connectivity index (χ0n) is 13.4. The van der Waals surface area contributed by atoms with Gasteiger partial charge in [0.2, 0.25) is 0 Å². The van der Waals surface area contributed by atoms with Crippen molar-refractivity contribution in [3.63, 3.8) is 0 Å². The van der Waals surface area contributed by atoms with Gasteiger partial charge >= 0.3 is 6.03 Å². The zero-order chi connectivity index (χ0) is 17.8. The van der Waals surface area contributed by atoms with E-state index in [1.165, 1.54) is 11.3 Å². The Morgan fingerprint density at radius 3 is 3.04 bits per heavy atom. The lowest BCUT2D eigenvalue weighted by Crippen LogP contribution is -2.19. The van der Waals surface area contributed by atoms with Crippen LogP contribution in [0.15, 0.2) is 36.2 Å². The molecule has 0 aliphatic heterocycles. The van der Waals surface area contributed by atoms with Crippen LogP contribution in [-0.4, -0.2) is 37.7 Å². The molecule has 0 aromatic carbocycles. The number of fused-ring (bicyclic) bond motifs is 1. The molecule has 0 atom stereocenters. The quantitative estimate of drug-likeness (QED) is 0.404. The number of nitrogens with one attached hydrogen (secondary N) is 4. The van der Waals surface area contributed by atoms with Gasteiger partial charge in [0.25, 0.3) is 0 Å². The lowest BCUT2D eigenvalue weighted by Gasteiger charge is -2.04. The van der Waals surface area contributed by atoms with Crippen LogP contribution in [-0.2, 0) is 6.42 Å². The van der Waals surface area contributed by atoms with E-state index in [4.69, 9.17) is 0 Å². The van der Waals surface area contributed by atoms with Gasteiger partial charge in [0.1, 0.15) is 18.0 Å². The molecule has 0 radical (unpaired) electrons. The summed E-state index contributed by atoms with van der Waals surface area (Å²) in [6.45, 7) is 0.714. The lowest BCUT2D eigenvalue weighted by atomic mass is 10.3. The summed E-state index contributed by atoms with van der Waals surface area (Å²) in [5, 5.41) is 17.6. The first kappa shape index (κ1) is 16.4. The molecule has 4 N–H and O–H groups in total. The molecule has 0 unspecified atom stereocenters. The third-order valence-electron chi connectivity index (χ3n) is 3.43. The largest absolute Gasteiger partial charge is 0.368 e. The van der Waals surface area contributed by atoms with E-state index in [0.717, 1.165) is 27.3 Å². The Balaban J connectivity index is 1.29. The second kappa shape index (κ2) is 7.45. The number of hydrogen-bond donors (Lipinski definition) is 4. The summed E-state index contributed by atoms with van der Waals surface area (Å²) in [6.07, 6.45) is 5.66. The maximum absolute atomic E-state index is 11.9. The fourth-order valence-corrected chi connectivity index (χ4v) is 3.89. The number of hydrogen-bond acceptors (Lipinski definition) is 8. The van der Waals surface area contributed by atoms with Crippen molar-refractivity contribution in [3.8, 4) is 0 Å². The predicted octanol–water partition coefficient (Wildman–Crippen LogP) is 3.17. The standard InChI is InChI=1S/C15H14N8OS2/c24-14(21-11-2-5-20-23-11)22-15-17-7-9(26-15)1-4-16-13-12-10(3-6-25-12)18-8-19-13/h2-3,5-8H,1,4H2,(H,16,18,19)(H3,17,20,21,22,23,24). The van der Waals surface area contributed by atoms with Crippen LogP contribution in [0.2, 0.25) is 0 Å². The highest BCUT2D eigenvalue weighted by atomic mass is 32.1. The van der Waals surface area contributed by atoms with Crippen LogP contribution in [0.4, 0.5) is 21.6 Å². The van der Waals surface area contributed by atoms with Gasteiger partial charge in [-0.05, 0) is 11.4 Å². The van der Waals surface area contributed by atoms with Crippen molar-refractivity contribution in [2.75, 3.05) is 22.5 Å². The first-order valence-corrected chi connectivity index (χ1v) is 9.42. The first-order valence-electron chi connectivity index (χ1n) is 7.72. The van der Waals surface area contributed by atoms with Crippen molar-refractivity contribution in [3.05, 3.63) is 41.1 Å². The molecule has 4 aromatic heterocycles. The average molecular weight is 386 g/mol. The number of H-pyrrole nitrogens is 1. The van der Waals surface area contributed by atoms with Crippen LogP contribution in [0, 0.1) is 0 Å². The molecule has 0 fully saturated rings. The van der Waals surface area contributed by atoms with Crippen molar-refractivity contribution in [1.29, 1.82) is 0 Å². The summed E-state index contributed by atoms with van der Waals surface area (Å²) < 4.78 is 1.05. The molecule has 11 heteroatoms. The number of aromatic amines is 1. The van der Waals surface area contributed by atoms with Gasteiger partial charge < -0.3 is 5.32 Å². The van der Waals surface area contributed by atoms with Crippen LogP contribution in [0.5, 0.6) is 0 Å². The highest BCUT2D eigenvalue weighted by Crippen LogP contribution is 2.25. The number of aromatic nitrogens is 5. The second-order valence-electron chi connectivity index (χ2n) is 5.22. The van der Waals surface area contributed by atoms with Gasteiger partial charge in [0.05, 0.1) is 16.4 Å². The van der Waals surface area contributed by atoms with Gasteiger partial charge in [-0.25, -0.2) is 19.7 Å². The van der Waals surface area contributed by atoms with E-state index in [0.29, 0.717) is 17.5 Å². The molecule has 4 heterocycles. The number of thiazole rings is 1. The van der Waals surface area contributed by atoms with Crippen molar-refractivity contribution < 1.29 is 4.79 Å². The molecule has 0 bridgehead atoms. The summed E-state index contributed by atoms with van der Waals surface area (Å²) in [5.41, 5.74) is 0.944. The average Bonchev–Trinajstić information content (AvgIpc) is 3.36. The summed E-state index contributed by atoms with van der Waals surface area (Å²) in [5.74, 6) is 1.36. The third-order valence-corrected chi connectivity index (χ3v) is 5.31. The number of nitrogens with zero attached hydrogens (tertiary/aromatic N) is 4. The minimum absolute atomic E-state index is 0.366. The van der Waals surface area contributed by atoms with Crippen LogP contribution in [0.25, 0.3) is 10.2 Å². The molecule has 0 spiro atoms. The second-order valence-corrected chi connectivity index (χ2v) is 7.25. The monoisotopic (exact) mass is 386 g/mol. The minimum atomic E-state index is -0.366. The topological polar surface area (TPSA) is 121 Å². The van der Waals surface area contributed by atoms with Gasteiger partial charge in [-0.1, -0.05) is 0 Å². The van der Waals surface area contributed by atoms with E-state index < -0.39 is 0 Å². The molecule has 4 rings (SSSR count). The van der Waals surface area contributed by atoms with Crippen LogP contribution >= 0.6 is 22.7 Å². The Morgan fingerprint density at radius 2 is 2.15 bits per heavy atom. The highest BCUT2D eigenvalue weighted by molar-refractivity contribution is 7.17. The molecule has 132 valence electrons. The smallest absolute Gasteiger partial charge is 0.326 e. The molecule has 0 aliphatic carbocycles. The number of thiophene rings is 1. The minimum Gasteiger partial charge on any atom is -0.368 e. The van der Waals surface area contributed by atoms with Gasteiger partial charge in [-0.2, -0.15) is 5.10 Å². The Hall–Kier alpha value is -3.05. The van der Waals surface area contributed by atoms with E-state index in [9.17, 15) is 4.79 Å². The number of carbonyl (C=O) groups excluding carboxylic acids is 1. The maximum Gasteiger partial charge on any atom is 0.326 e. The Morgan fingerprint density at radius 1 is 1.19 bits per heavy atom. The van der Waals surface area contributed by atoms with E-state index in [1.54, 1.807) is 36.1 Å². The molecule has 0 saturated carbocycles. The van der Waals surface area contributed by atoms with Crippen molar-refractivity contribution in [2.45, 2.75) is 6.42 Å². The Kier molecular flexibility index (Phi) is 4.71. The molecular weight excluding hydrogens is 372 g/mol. The van der Waals surface area contributed by atoms with Crippen molar-refractivity contribution in [2.24, 2.45) is 0 Å². The van der Waals surface area contributed by atoms with E-state index >= 15 is 0 Å². The summed E-state index contributed by atoms with van der Waals surface area (Å²) in [4.78, 5) is 25.7. The molecular formula is C15H14N8OS2. The number of carbonyl (C=O) groups is 1. The predicted molar refractivity (Wildman–Crippen MR) is 103 cm³/mol. The molecule has 26 heavy (non-hydrogen) atoms. The highest BCUT2D eigenvalue weighted by Gasteiger charge is 2.08. The zero-order valence-corrected chi connectivity index (χ0v) is 15.0. The molecule has 2 amide bonds. The van der Waals surface area contributed by atoms with E-state index in [-0.39, 0.29) is 6.03 Å². The molecule has 0 aliphatic rings. The van der Waals surface area contributed by atoms with Gasteiger partial charge in [-0.15, -0.1) is 22.7 Å². The number of amides is 2. The van der Waals surface area contributed by atoms with Crippen LogP contribution in [0.3, 0.4) is 0 Å².